The molecule has 0 radical (unpaired) electrons. The molecule has 0 aromatic heterocycles. The van der Waals surface area contributed by atoms with Gasteiger partial charge < -0.3 is 5.11 Å². The van der Waals surface area contributed by atoms with Gasteiger partial charge in [-0.1, -0.05) is 0 Å². The third-order valence-electron chi connectivity index (χ3n) is 2.00. The predicted octanol–water partition coefficient (Wildman–Crippen LogP) is 0.793. The van der Waals surface area contributed by atoms with Gasteiger partial charge in [0.25, 0.3) is 0 Å². The van der Waals surface area contributed by atoms with Crippen molar-refractivity contribution in [2.75, 3.05) is 6.54 Å². The van der Waals surface area contributed by atoms with Gasteiger partial charge in [-0.05, 0) is 37.6 Å². The smallest absolute Gasteiger partial charge is 0.240 e. The van der Waals surface area contributed by atoms with Crippen LogP contribution in [0.4, 0.5) is 4.39 Å². The lowest BCUT2D eigenvalue weighted by atomic mass is 10.2. The Labute approximate surface area is 94.2 Å². The molecule has 0 aliphatic carbocycles. The number of hydrogen-bond donors (Lipinski definition) is 2. The van der Waals surface area contributed by atoms with Crippen molar-refractivity contribution < 1.29 is 17.9 Å². The third kappa shape index (κ3) is 3.26. The topological polar surface area (TPSA) is 66.4 Å². The number of hydrogen-bond acceptors (Lipinski definition) is 3. The fourth-order valence-electron chi connectivity index (χ4n) is 1.22. The number of rotatable bonds is 4. The largest absolute Gasteiger partial charge is 0.392 e. The van der Waals surface area contributed by atoms with Crippen LogP contribution >= 0.6 is 0 Å². The number of nitrogens with one attached hydrogen (secondary N) is 1. The highest BCUT2D eigenvalue weighted by molar-refractivity contribution is 7.89. The van der Waals surface area contributed by atoms with Crippen molar-refractivity contribution in [1.29, 1.82) is 0 Å². The van der Waals surface area contributed by atoms with Crippen molar-refractivity contribution in [3.05, 3.63) is 29.6 Å². The first-order valence-corrected chi connectivity index (χ1v) is 6.25. The Morgan fingerprint density at radius 3 is 2.62 bits per heavy atom. The van der Waals surface area contributed by atoms with Crippen molar-refractivity contribution in [3.8, 4) is 0 Å². The number of benzene rings is 1. The van der Waals surface area contributed by atoms with E-state index in [1.807, 2.05) is 0 Å². The van der Waals surface area contributed by atoms with E-state index in [0.717, 1.165) is 12.1 Å². The zero-order valence-corrected chi connectivity index (χ0v) is 9.88. The van der Waals surface area contributed by atoms with E-state index >= 15 is 0 Å². The predicted molar refractivity (Wildman–Crippen MR) is 58.0 cm³/mol. The SMILES string of the molecule is Cc1cc(F)ccc1S(=O)(=O)NC[C@@H](C)O. The Kier molecular flexibility index (Phi) is 4.01. The van der Waals surface area contributed by atoms with Gasteiger partial charge in [-0.25, -0.2) is 17.5 Å². The molecule has 0 aliphatic rings. The van der Waals surface area contributed by atoms with Gasteiger partial charge in [-0.15, -0.1) is 0 Å². The third-order valence-corrected chi connectivity index (χ3v) is 3.58. The Morgan fingerprint density at radius 2 is 2.12 bits per heavy atom. The highest BCUT2D eigenvalue weighted by atomic mass is 32.2. The van der Waals surface area contributed by atoms with Crippen LogP contribution in [0.15, 0.2) is 23.1 Å². The van der Waals surface area contributed by atoms with Crippen molar-refractivity contribution in [2.45, 2.75) is 24.8 Å². The highest BCUT2D eigenvalue weighted by Gasteiger charge is 2.17. The van der Waals surface area contributed by atoms with E-state index in [2.05, 4.69) is 4.72 Å². The molecule has 0 heterocycles. The second-order valence-electron chi connectivity index (χ2n) is 3.61. The summed E-state index contributed by atoms with van der Waals surface area (Å²) in [5, 5.41) is 8.99. The minimum absolute atomic E-state index is 0.0227. The van der Waals surface area contributed by atoms with E-state index < -0.39 is 21.9 Å². The Balaban J connectivity index is 2.99. The van der Waals surface area contributed by atoms with E-state index in [-0.39, 0.29) is 11.4 Å². The van der Waals surface area contributed by atoms with Crippen LogP contribution in [0.25, 0.3) is 0 Å². The van der Waals surface area contributed by atoms with Crippen LogP contribution in [0, 0.1) is 12.7 Å². The second kappa shape index (κ2) is 4.90. The maximum atomic E-state index is 12.8. The van der Waals surface area contributed by atoms with Crippen molar-refractivity contribution in [2.24, 2.45) is 0 Å². The van der Waals surface area contributed by atoms with E-state index in [9.17, 15) is 12.8 Å². The van der Waals surface area contributed by atoms with E-state index in [4.69, 9.17) is 5.11 Å². The van der Waals surface area contributed by atoms with E-state index in [0.29, 0.717) is 5.56 Å². The molecular formula is C10H14FNO3S. The van der Waals surface area contributed by atoms with E-state index in [1.54, 1.807) is 0 Å². The van der Waals surface area contributed by atoms with Crippen LogP contribution in [0.5, 0.6) is 0 Å². The monoisotopic (exact) mass is 247 g/mol. The zero-order valence-electron chi connectivity index (χ0n) is 9.07. The highest BCUT2D eigenvalue weighted by Crippen LogP contribution is 2.15. The first kappa shape index (κ1) is 13.1. The molecule has 1 aromatic rings. The van der Waals surface area contributed by atoms with Crippen LogP contribution in [-0.2, 0) is 10.0 Å². The summed E-state index contributed by atoms with van der Waals surface area (Å²) in [5.41, 5.74) is 0.332. The molecule has 0 bridgehead atoms. The lowest BCUT2D eigenvalue weighted by Crippen LogP contribution is -2.31. The summed E-state index contributed by atoms with van der Waals surface area (Å²) in [4.78, 5) is 0.0227. The van der Waals surface area contributed by atoms with Crippen LogP contribution in [0.3, 0.4) is 0 Å². The first-order valence-electron chi connectivity index (χ1n) is 4.77. The summed E-state index contributed by atoms with van der Waals surface area (Å²) < 4.78 is 38.5. The van der Waals surface area contributed by atoms with Crippen LogP contribution in [-0.4, -0.2) is 26.2 Å². The summed E-state index contributed by atoms with van der Waals surface area (Å²) in [6.07, 6.45) is -0.768. The van der Waals surface area contributed by atoms with E-state index in [1.165, 1.54) is 19.9 Å². The lowest BCUT2D eigenvalue weighted by molar-refractivity contribution is 0.198. The van der Waals surface area contributed by atoms with Crippen molar-refractivity contribution >= 4 is 10.0 Å². The summed E-state index contributed by atoms with van der Waals surface area (Å²) >= 11 is 0. The second-order valence-corrected chi connectivity index (χ2v) is 5.35. The normalized spacial score (nSPS) is 13.8. The van der Waals surface area contributed by atoms with Gasteiger partial charge in [0, 0.05) is 6.54 Å². The Hall–Kier alpha value is -0.980. The number of aliphatic hydroxyl groups is 1. The van der Waals surface area contributed by atoms with Gasteiger partial charge in [0.2, 0.25) is 10.0 Å². The fourth-order valence-corrected chi connectivity index (χ4v) is 2.57. The molecule has 90 valence electrons. The molecule has 6 heteroatoms. The number of sulfonamides is 1. The molecule has 0 spiro atoms. The van der Waals surface area contributed by atoms with Crippen molar-refractivity contribution in [1.82, 2.24) is 4.72 Å². The average molecular weight is 247 g/mol. The molecule has 1 aromatic carbocycles. The van der Waals surface area contributed by atoms with Crippen LogP contribution < -0.4 is 4.72 Å². The van der Waals surface area contributed by atoms with Gasteiger partial charge in [0.15, 0.2) is 0 Å². The fraction of sp³-hybridized carbons (Fsp3) is 0.400. The molecule has 0 saturated heterocycles. The molecule has 4 nitrogen and oxygen atoms in total. The number of aliphatic hydroxyl groups excluding tert-OH is 1. The lowest BCUT2D eigenvalue weighted by Gasteiger charge is -2.10. The molecule has 1 rings (SSSR count). The zero-order chi connectivity index (χ0) is 12.3. The van der Waals surface area contributed by atoms with Gasteiger partial charge in [0.1, 0.15) is 5.82 Å². The Bertz CT molecular complexity index is 471. The quantitative estimate of drug-likeness (QED) is 0.826. The molecule has 0 unspecified atom stereocenters. The molecule has 0 saturated carbocycles. The standard InChI is InChI=1S/C10H14FNO3S/c1-7-5-9(11)3-4-10(7)16(14,15)12-6-8(2)13/h3-5,8,12-13H,6H2,1-2H3/t8-/m1/s1. The summed E-state index contributed by atoms with van der Waals surface area (Å²) in [6.45, 7) is 2.92. The van der Waals surface area contributed by atoms with Gasteiger partial charge >= 0.3 is 0 Å². The molecular weight excluding hydrogens is 233 g/mol. The summed E-state index contributed by atoms with van der Waals surface area (Å²) in [7, 11) is -3.68. The minimum atomic E-state index is -3.68. The molecule has 0 fully saturated rings. The Morgan fingerprint density at radius 1 is 1.50 bits per heavy atom. The molecule has 1 atom stereocenters. The van der Waals surface area contributed by atoms with Gasteiger partial charge in [-0.3, -0.25) is 0 Å². The van der Waals surface area contributed by atoms with Crippen molar-refractivity contribution in [3.63, 3.8) is 0 Å². The number of aryl methyl sites for hydroxylation is 1. The maximum absolute atomic E-state index is 12.8. The van der Waals surface area contributed by atoms with Crippen LogP contribution in [0.2, 0.25) is 0 Å². The van der Waals surface area contributed by atoms with Crippen LogP contribution in [0.1, 0.15) is 12.5 Å². The maximum Gasteiger partial charge on any atom is 0.240 e. The molecule has 2 N–H and O–H groups in total. The number of halogens is 1. The minimum Gasteiger partial charge on any atom is -0.392 e. The van der Waals surface area contributed by atoms with Gasteiger partial charge in [-0.2, -0.15) is 0 Å². The van der Waals surface area contributed by atoms with Gasteiger partial charge in [0.05, 0.1) is 11.0 Å². The molecule has 0 aliphatic heterocycles. The average Bonchev–Trinajstić information content (AvgIpc) is 2.14. The molecule has 0 amide bonds. The summed E-state index contributed by atoms with van der Waals surface area (Å²) in [5.74, 6) is -0.480. The molecule has 16 heavy (non-hydrogen) atoms. The first-order chi connectivity index (χ1) is 7.33. The summed E-state index contributed by atoms with van der Waals surface area (Å²) in [6, 6.07) is 3.44.